The van der Waals surface area contributed by atoms with Crippen molar-refractivity contribution in [3.8, 4) is 11.6 Å². The normalized spacial score (nSPS) is 14.8. The second-order valence-corrected chi connectivity index (χ2v) is 8.23. The van der Waals surface area contributed by atoms with E-state index in [0.29, 0.717) is 32.5 Å². The highest BCUT2D eigenvalue weighted by Crippen LogP contribution is 2.33. The van der Waals surface area contributed by atoms with E-state index in [9.17, 15) is 23.3 Å². The van der Waals surface area contributed by atoms with E-state index < -0.39 is 15.0 Å². The fourth-order valence-electron chi connectivity index (χ4n) is 3.24. The van der Waals surface area contributed by atoms with Crippen molar-refractivity contribution >= 4 is 27.6 Å². The topological polar surface area (TPSA) is 149 Å². The number of rotatable bonds is 7. The van der Waals surface area contributed by atoms with E-state index in [1.807, 2.05) is 0 Å². The molecule has 31 heavy (non-hydrogen) atoms. The highest BCUT2D eigenvalue weighted by atomic mass is 32.2. The number of pyridine rings is 1. The molecule has 1 aliphatic rings. The lowest BCUT2D eigenvalue weighted by molar-refractivity contribution is -0.384. The Morgan fingerprint density at radius 2 is 1.87 bits per heavy atom. The molecule has 1 N–H and O–H groups in total. The fourth-order valence-corrected chi connectivity index (χ4v) is 3.72. The van der Waals surface area contributed by atoms with Crippen LogP contribution in [0.1, 0.15) is 19.8 Å². The number of nitro groups is 1. The maximum atomic E-state index is 11.9. The van der Waals surface area contributed by atoms with Crippen molar-refractivity contribution in [1.29, 1.82) is 0 Å². The minimum atomic E-state index is -4.33. The number of benzene rings is 1. The fraction of sp³-hybridized carbons (Fsp3) is 0.368. The average Bonchev–Trinajstić information content (AvgIpc) is 2.73. The van der Waals surface area contributed by atoms with Gasteiger partial charge in [0.25, 0.3) is 10.1 Å². The van der Waals surface area contributed by atoms with E-state index in [2.05, 4.69) is 4.98 Å². The van der Waals surface area contributed by atoms with Crippen molar-refractivity contribution in [2.24, 2.45) is 5.92 Å². The van der Waals surface area contributed by atoms with Crippen LogP contribution in [0.3, 0.4) is 0 Å². The summed E-state index contributed by atoms with van der Waals surface area (Å²) >= 11 is 0. The van der Waals surface area contributed by atoms with E-state index >= 15 is 0 Å². The highest BCUT2D eigenvalue weighted by Gasteiger charge is 2.30. The summed E-state index contributed by atoms with van der Waals surface area (Å²) in [4.78, 5) is 28.6. The number of carbonyl (C=O) groups is 1. The van der Waals surface area contributed by atoms with Crippen LogP contribution in [0, 0.1) is 16.0 Å². The van der Waals surface area contributed by atoms with Gasteiger partial charge in [-0.2, -0.15) is 13.4 Å². The molecule has 0 saturated carbocycles. The highest BCUT2D eigenvalue weighted by molar-refractivity contribution is 7.85. The van der Waals surface area contributed by atoms with Crippen molar-refractivity contribution in [1.82, 2.24) is 4.98 Å². The van der Waals surface area contributed by atoms with E-state index in [0.717, 1.165) is 12.1 Å². The summed E-state index contributed by atoms with van der Waals surface area (Å²) in [5.74, 6) is -0.0844. The number of piperidine rings is 1. The number of ether oxygens (including phenoxy) is 2. The number of nitrogens with zero attached hydrogens (tertiary/aromatic N) is 3. The van der Waals surface area contributed by atoms with Crippen LogP contribution in [-0.4, -0.2) is 48.5 Å². The monoisotopic (exact) mass is 451 g/mol. The molecular weight excluding hydrogens is 430 g/mol. The van der Waals surface area contributed by atoms with Crippen LogP contribution < -0.4 is 9.64 Å². The van der Waals surface area contributed by atoms with Crippen molar-refractivity contribution in [3.05, 3.63) is 46.5 Å². The van der Waals surface area contributed by atoms with Crippen molar-refractivity contribution < 1.29 is 32.2 Å². The Bertz CT molecular complexity index is 1060. The Morgan fingerprint density at radius 3 is 2.42 bits per heavy atom. The molecule has 12 heteroatoms. The lowest BCUT2D eigenvalue weighted by Crippen LogP contribution is -2.37. The Balaban J connectivity index is 1.79. The second kappa shape index (κ2) is 9.27. The van der Waals surface area contributed by atoms with Crippen LogP contribution in [0.2, 0.25) is 0 Å². The predicted octanol–water partition coefficient (Wildman–Crippen LogP) is 2.81. The summed E-state index contributed by atoms with van der Waals surface area (Å²) in [6, 6.07) is 7.60. The first-order valence-electron chi connectivity index (χ1n) is 9.51. The predicted molar refractivity (Wildman–Crippen MR) is 109 cm³/mol. The van der Waals surface area contributed by atoms with Crippen LogP contribution in [0.15, 0.2) is 41.3 Å². The molecule has 3 rings (SSSR count). The van der Waals surface area contributed by atoms with Gasteiger partial charge in [-0.15, -0.1) is 0 Å². The van der Waals surface area contributed by atoms with Gasteiger partial charge in [0.2, 0.25) is 11.7 Å². The third kappa shape index (κ3) is 5.47. The minimum Gasteiger partial charge on any atom is -0.466 e. The summed E-state index contributed by atoms with van der Waals surface area (Å²) in [7, 11) is -4.33. The summed E-state index contributed by atoms with van der Waals surface area (Å²) < 4.78 is 41.9. The Hall–Kier alpha value is -3.25. The number of hydrogen-bond acceptors (Lipinski definition) is 9. The van der Waals surface area contributed by atoms with E-state index in [-0.39, 0.29) is 39.9 Å². The van der Waals surface area contributed by atoms with Gasteiger partial charge in [-0.05, 0) is 44.0 Å². The van der Waals surface area contributed by atoms with Gasteiger partial charge in [0.1, 0.15) is 5.75 Å². The summed E-state index contributed by atoms with van der Waals surface area (Å²) in [6.07, 6.45) is 0.972. The van der Waals surface area contributed by atoms with Gasteiger partial charge in [-0.3, -0.25) is 19.5 Å². The van der Waals surface area contributed by atoms with Crippen LogP contribution in [0.5, 0.6) is 11.6 Å². The largest absolute Gasteiger partial charge is 0.466 e. The molecule has 1 aromatic heterocycles. The number of anilines is 1. The molecule has 0 unspecified atom stereocenters. The Morgan fingerprint density at radius 1 is 1.23 bits per heavy atom. The van der Waals surface area contributed by atoms with Crippen LogP contribution in [0.25, 0.3) is 0 Å². The summed E-state index contributed by atoms with van der Waals surface area (Å²) in [5, 5.41) is 11.5. The molecule has 11 nitrogen and oxygen atoms in total. The van der Waals surface area contributed by atoms with Crippen LogP contribution in [-0.2, 0) is 19.6 Å². The molecule has 0 aliphatic carbocycles. The molecule has 0 atom stereocenters. The minimum absolute atomic E-state index is 0.0766. The number of aromatic nitrogens is 1. The lowest BCUT2D eigenvalue weighted by atomic mass is 9.97. The molecule has 0 bridgehead atoms. The third-order valence-electron chi connectivity index (χ3n) is 4.78. The molecule has 166 valence electrons. The number of esters is 1. The van der Waals surface area contributed by atoms with Crippen LogP contribution in [0.4, 0.5) is 11.5 Å². The first-order chi connectivity index (χ1) is 14.7. The third-order valence-corrected chi connectivity index (χ3v) is 5.65. The summed E-state index contributed by atoms with van der Waals surface area (Å²) in [6.45, 7) is 2.83. The van der Waals surface area contributed by atoms with Gasteiger partial charge in [0.05, 0.1) is 22.3 Å². The Kier molecular flexibility index (Phi) is 6.71. The first-order valence-corrected chi connectivity index (χ1v) is 11.0. The SMILES string of the molecule is CCOC(=O)C1CCN(c2nc(Oc3ccc(S(=O)(=O)O)cc3)ccc2[N+](=O)[O-])CC1. The second-order valence-electron chi connectivity index (χ2n) is 6.81. The van der Waals surface area contributed by atoms with Gasteiger partial charge in [0, 0.05) is 25.2 Å². The van der Waals surface area contributed by atoms with Gasteiger partial charge >= 0.3 is 11.7 Å². The van der Waals surface area contributed by atoms with Crippen molar-refractivity contribution in [2.45, 2.75) is 24.7 Å². The van der Waals surface area contributed by atoms with E-state index in [4.69, 9.17) is 14.0 Å². The van der Waals surface area contributed by atoms with E-state index in [1.165, 1.54) is 24.3 Å². The zero-order valence-electron chi connectivity index (χ0n) is 16.6. The smallest absolute Gasteiger partial charge is 0.311 e. The molecule has 1 fully saturated rings. The Labute approximate surface area is 178 Å². The zero-order chi connectivity index (χ0) is 22.6. The molecule has 0 amide bonds. The molecule has 0 radical (unpaired) electrons. The lowest BCUT2D eigenvalue weighted by Gasteiger charge is -2.31. The van der Waals surface area contributed by atoms with Gasteiger partial charge in [0.15, 0.2) is 0 Å². The number of hydrogen-bond donors (Lipinski definition) is 1. The molecule has 1 aliphatic heterocycles. The maximum absolute atomic E-state index is 11.9. The number of carbonyl (C=O) groups excluding carboxylic acids is 1. The molecule has 2 heterocycles. The standard InChI is InChI=1S/C19H21N3O8S/c1-2-29-19(23)13-9-11-21(12-10-13)18-16(22(24)25)7-8-17(20-18)30-14-3-5-15(6-4-14)31(26,27)28/h3-8,13H,2,9-12H2,1H3,(H,26,27,28). The molecule has 1 saturated heterocycles. The first kappa shape index (κ1) is 22.4. The van der Waals surface area contributed by atoms with E-state index in [1.54, 1.807) is 11.8 Å². The summed E-state index contributed by atoms with van der Waals surface area (Å²) in [5.41, 5.74) is -0.191. The molecular formula is C19H21N3O8S. The maximum Gasteiger partial charge on any atom is 0.311 e. The van der Waals surface area contributed by atoms with Crippen molar-refractivity contribution in [3.63, 3.8) is 0 Å². The van der Waals surface area contributed by atoms with Gasteiger partial charge < -0.3 is 14.4 Å². The van der Waals surface area contributed by atoms with Crippen LogP contribution >= 0.6 is 0 Å². The van der Waals surface area contributed by atoms with Crippen molar-refractivity contribution in [2.75, 3.05) is 24.6 Å². The average molecular weight is 451 g/mol. The zero-order valence-corrected chi connectivity index (χ0v) is 17.4. The molecule has 0 spiro atoms. The van der Waals surface area contributed by atoms with Gasteiger partial charge in [-0.1, -0.05) is 0 Å². The van der Waals surface area contributed by atoms with Gasteiger partial charge in [-0.25, -0.2) is 0 Å². The quantitative estimate of drug-likeness (QED) is 0.288. The molecule has 2 aromatic rings. The molecule has 1 aromatic carbocycles.